The van der Waals surface area contributed by atoms with Gasteiger partial charge in [0.15, 0.2) is 0 Å². The fourth-order valence-electron chi connectivity index (χ4n) is 4.01. The van der Waals surface area contributed by atoms with Crippen LogP contribution in [0.1, 0.15) is 43.3 Å². The fourth-order valence-corrected chi connectivity index (χ4v) is 4.01. The first-order valence-corrected chi connectivity index (χ1v) is 11.4. The van der Waals surface area contributed by atoms with Crippen molar-refractivity contribution in [1.82, 2.24) is 14.7 Å². The van der Waals surface area contributed by atoms with E-state index < -0.39 is 0 Å². The maximum Gasteiger partial charge on any atom is 0.242 e. The van der Waals surface area contributed by atoms with Crippen LogP contribution in [-0.4, -0.2) is 65.8 Å². The Morgan fingerprint density at radius 1 is 0.968 bits per heavy atom. The zero-order chi connectivity index (χ0) is 22.1. The molecule has 0 spiro atoms. The monoisotopic (exact) mass is 425 g/mol. The summed E-state index contributed by atoms with van der Waals surface area (Å²) in [4.78, 5) is 31.7. The van der Waals surface area contributed by atoms with Crippen LogP contribution >= 0.6 is 0 Å². The summed E-state index contributed by atoms with van der Waals surface area (Å²) in [7, 11) is 0. The maximum atomic E-state index is 13.3. The molecule has 6 heteroatoms. The highest BCUT2D eigenvalue weighted by atomic mass is 16.3. The van der Waals surface area contributed by atoms with Gasteiger partial charge < -0.3 is 19.1 Å². The number of carbonyl (C=O) groups excluding carboxylic acids is 2. The minimum Gasteiger partial charge on any atom is -0.464 e. The van der Waals surface area contributed by atoms with Gasteiger partial charge in [-0.3, -0.25) is 9.59 Å². The van der Waals surface area contributed by atoms with Crippen LogP contribution in [0.25, 0.3) is 0 Å². The lowest BCUT2D eigenvalue weighted by Gasteiger charge is -2.28. The first kappa shape index (κ1) is 23.1. The third kappa shape index (κ3) is 7.24. The molecule has 3 rings (SSSR count). The minimum absolute atomic E-state index is 0.0319. The molecule has 0 aliphatic carbocycles. The zero-order valence-corrected chi connectivity index (χ0v) is 18.9. The molecule has 2 heterocycles. The van der Waals surface area contributed by atoms with E-state index in [-0.39, 0.29) is 18.4 Å². The van der Waals surface area contributed by atoms with Crippen molar-refractivity contribution in [3.8, 4) is 0 Å². The molecule has 1 aromatic carbocycles. The standard InChI is InChI=1S/C25H35N3O3/c1-3-24(29)28(18-17-26-14-7-8-15-26)20-25(30)27(19-23-12-11-21(2)31-23)16-13-22-9-5-4-6-10-22/h4-6,9-12H,3,7-8,13-20H2,1-2H3. The van der Waals surface area contributed by atoms with E-state index in [1.54, 1.807) is 4.90 Å². The molecule has 0 unspecified atom stereocenters. The van der Waals surface area contributed by atoms with Gasteiger partial charge >= 0.3 is 0 Å². The van der Waals surface area contributed by atoms with E-state index in [1.165, 1.54) is 18.4 Å². The summed E-state index contributed by atoms with van der Waals surface area (Å²) in [6, 6.07) is 14.0. The Hall–Kier alpha value is -2.60. The minimum atomic E-state index is -0.0341. The van der Waals surface area contributed by atoms with E-state index in [1.807, 2.05) is 49.1 Å². The molecule has 1 fully saturated rings. The first-order valence-electron chi connectivity index (χ1n) is 11.4. The van der Waals surface area contributed by atoms with E-state index in [9.17, 15) is 9.59 Å². The van der Waals surface area contributed by atoms with Crippen molar-refractivity contribution >= 4 is 11.8 Å². The third-order valence-corrected chi connectivity index (χ3v) is 5.87. The highest BCUT2D eigenvalue weighted by molar-refractivity contribution is 5.84. The van der Waals surface area contributed by atoms with Crippen LogP contribution in [0.4, 0.5) is 0 Å². The van der Waals surface area contributed by atoms with Crippen LogP contribution in [-0.2, 0) is 22.6 Å². The Morgan fingerprint density at radius 2 is 1.71 bits per heavy atom. The number of nitrogens with zero attached hydrogens (tertiary/aromatic N) is 3. The molecule has 0 saturated carbocycles. The smallest absolute Gasteiger partial charge is 0.242 e. The molecule has 0 bridgehead atoms. The zero-order valence-electron chi connectivity index (χ0n) is 18.9. The predicted octanol–water partition coefficient (Wildman–Crippen LogP) is 3.49. The van der Waals surface area contributed by atoms with Gasteiger partial charge in [0.05, 0.1) is 13.1 Å². The van der Waals surface area contributed by atoms with Gasteiger partial charge in [-0.05, 0) is 57.0 Å². The van der Waals surface area contributed by atoms with E-state index in [4.69, 9.17) is 4.42 Å². The highest BCUT2D eigenvalue weighted by Crippen LogP contribution is 2.13. The summed E-state index contributed by atoms with van der Waals surface area (Å²) < 4.78 is 5.72. The maximum absolute atomic E-state index is 13.3. The van der Waals surface area contributed by atoms with E-state index in [0.717, 1.165) is 37.6 Å². The molecular formula is C25H35N3O3. The second-order valence-corrected chi connectivity index (χ2v) is 8.28. The lowest BCUT2D eigenvalue weighted by Crippen LogP contribution is -2.45. The lowest BCUT2D eigenvalue weighted by molar-refractivity contribution is -0.141. The molecule has 2 aromatic rings. The largest absolute Gasteiger partial charge is 0.464 e. The van der Waals surface area contributed by atoms with Crippen LogP contribution in [0.2, 0.25) is 0 Å². The van der Waals surface area contributed by atoms with Gasteiger partial charge in [-0.1, -0.05) is 37.3 Å². The number of benzene rings is 1. The Bertz CT molecular complexity index is 828. The molecule has 1 aromatic heterocycles. The van der Waals surface area contributed by atoms with Crippen LogP contribution in [0.15, 0.2) is 46.9 Å². The lowest BCUT2D eigenvalue weighted by atomic mass is 10.1. The van der Waals surface area contributed by atoms with Gasteiger partial charge in [-0.25, -0.2) is 0 Å². The van der Waals surface area contributed by atoms with Crippen molar-refractivity contribution in [2.24, 2.45) is 0 Å². The molecule has 0 atom stereocenters. The quantitative estimate of drug-likeness (QED) is 0.553. The van der Waals surface area contributed by atoms with Crippen LogP contribution in [0.3, 0.4) is 0 Å². The molecule has 0 radical (unpaired) electrons. The molecule has 31 heavy (non-hydrogen) atoms. The third-order valence-electron chi connectivity index (χ3n) is 5.87. The molecule has 1 aliphatic rings. The normalized spacial score (nSPS) is 14.0. The number of hydrogen-bond donors (Lipinski definition) is 0. The molecular weight excluding hydrogens is 390 g/mol. The molecule has 2 amide bonds. The van der Waals surface area contributed by atoms with Gasteiger partial charge in [-0.2, -0.15) is 0 Å². The number of rotatable bonds is 11. The van der Waals surface area contributed by atoms with Crippen molar-refractivity contribution in [2.45, 2.75) is 46.1 Å². The number of aryl methyl sites for hydroxylation is 1. The summed E-state index contributed by atoms with van der Waals surface area (Å²) in [6.45, 7) is 8.49. The van der Waals surface area contributed by atoms with Gasteiger partial charge in [0, 0.05) is 26.1 Å². The second-order valence-electron chi connectivity index (χ2n) is 8.28. The summed E-state index contributed by atoms with van der Waals surface area (Å²) in [6.07, 6.45) is 3.61. The number of furan rings is 1. The molecule has 6 nitrogen and oxygen atoms in total. The van der Waals surface area contributed by atoms with Crippen molar-refractivity contribution < 1.29 is 14.0 Å². The van der Waals surface area contributed by atoms with Crippen LogP contribution in [0.5, 0.6) is 0 Å². The molecule has 1 aliphatic heterocycles. The van der Waals surface area contributed by atoms with Crippen molar-refractivity contribution in [3.05, 3.63) is 59.5 Å². The number of likely N-dealkylation sites (tertiary alicyclic amines) is 1. The van der Waals surface area contributed by atoms with Crippen molar-refractivity contribution in [1.29, 1.82) is 0 Å². The SMILES string of the molecule is CCC(=O)N(CCN1CCCC1)CC(=O)N(CCc1ccccc1)Cc1ccc(C)o1. The Balaban J connectivity index is 1.65. The summed E-state index contributed by atoms with van der Waals surface area (Å²) in [5, 5.41) is 0. The van der Waals surface area contributed by atoms with Gasteiger partial charge in [0.2, 0.25) is 11.8 Å². The van der Waals surface area contributed by atoms with Crippen molar-refractivity contribution in [2.75, 3.05) is 39.3 Å². The topological polar surface area (TPSA) is 57.0 Å². The van der Waals surface area contributed by atoms with Gasteiger partial charge in [-0.15, -0.1) is 0 Å². The van der Waals surface area contributed by atoms with E-state index in [0.29, 0.717) is 26.1 Å². The van der Waals surface area contributed by atoms with Crippen LogP contribution < -0.4 is 0 Å². The average Bonchev–Trinajstić information content (AvgIpc) is 3.45. The molecule has 1 saturated heterocycles. The van der Waals surface area contributed by atoms with E-state index in [2.05, 4.69) is 17.0 Å². The first-order chi connectivity index (χ1) is 15.0. The number of carbonyl (C=O) groups is 2. The fraction of sp³-hybridized carbons (Fsp3) is 0.520. The summed E-state index contributed by atoms with van der Waals surface area (Å²) in [5.74, 6) is 1.60. The number of amides is 2. The molecule has 168 valence electrons. The van der Waals surface area contributed by atoms with E-state index >= 15 is 0 Å². The Kier molecular flexibility index (Phi) is 8.71. The highest BCUT2D eigenvalue weighted by Gasteiger charge is 2.22. The van der Waals surface area contributed by atoms with Gasteiger partial charge in [0.25, 0.3) is 0 Å². The average molecular weight is 426 g/mol. The number of hydrogen-bond acceptors (Lipinski definition) is 4. The molecule has 0 N–H and O–H groups in total. The Labute approximate surface area is 185 Å². The van der Waals surface area contributed by atoms with Crippen molar-refractivity contribution in [3.63, 3.8) is 0 Å². The predicted molar refractivity (Wildman–Crippen MR) is 122 cm³/mol. The van der Waals surface area contributed by atoms with Crippen LogP contribution in [0, 0.1) is 6.92 Å². The summed E-state index contributed by atoms with van der Waals surface area (Å²) in [5.41, 5.74) is 1.19. The Morgan fingerprint density at radius 3 is 2.35 bits per heavy atom. The van der Waals surface area contributed by atoms with Gasteiger partial charge in [0.1, 0.15) is 11.5 Å². The second kappa shape index (κ2) is 11.7. The summed E-state index contributed by atoms with van der Waals surface area (Å²) >= 11 is 0.